The van der Waals surface area contributed by atoms with E-state index in [4.69, 9.17) is 0 Å². The van der Waals surface area contributed by atoms with Gasteiger partial charge in [0.15, 0.2) is 0 Å². The van der Waals surface area contributed by atoms with Gasteiger partial charge in [-0.2, -0.15) is 0 Å². The molecule has 3 heteroatoms. The number of carbonyl (C=O) groups excluding carboxylic acids is 1. The fourth-order valence-electron chi connectivity index (χ4n) is 1.01. The summed E-state index contributed by atoms with van der Waals surface area (Å²) in [7, 11) is 0. The summed E-state index contributed by atoms with van der Waals surface area (Å²) in [5, 5.41) is 9.34. The van der Waals surface area contributed by atoms with Crippen LogP contribution in [0.3, 0.4) is 0 Å². The first-order chi connectivity index (χ1) is 5.58. The minimum Gasteiger partial charge on any atom is -0.510 e. The van der Waals surface area contributed by atoms with E-state index >= 15 is 0 Å². The molecular formula is C9H12O2S. The van der Waals surface area contributed by atoms with Gasteiger partial charge in [-0.3, -0.25) is 4.79 Å². The Bertz CT molecular complexity index is 255. The third-order valence-electron chi connectivity index (χ3n) is 1.75. The van der Waals surface area contributed by atoms with Crippen molar-refractivity contribution in [3.63, 3.8) is 0 Å². The summed E-state index contributed by atoms with van der Waals surface area (Å²) in [6.07, 6.45) is 6.02. The number of hydrogen-bond acceptors (Lipinski definition) is 3. The van der Waals surface area contributed by atoms with Crippen molar-refractivity contribution in [2.24, 2.45) is 0 Å². The van der Waals surface area contributed by atoms with E-state index in [0.717, 1.165) is 18.2 Å². The molecule has 0 saturated carbocycles. The van der Waals surface area contributed by atoms with E-state index in [1.807, 2.05) is 26.0 Å². The normalized spacial score (nSPS) is 29.8. The fraction of sp³-hybridized carbons (Fsp3) is 0.444. The molecule has 66 valence electrons. The molecule has 0 saturated heterocycles. The number of thioether (sulfide) groups is 1. The lowest BCUT2D eigenvalue weighted by molar-refractivity contribution is -0.106. The van der Waals surface area contributed by atoms with E-state index in [-0.39, 0.29) is 10.9 Å². The predicted octanol–water partition coefficient (Wildman–Crippen LogP) is 2.43. The lowest BCUT2D eigenvalue weighted by Gasteiger charge is -2.16. The van der Waals surface area contributed by atoms with Gasteiger partial charge in [-0.1, -0.05) is 30.8 Å². The van der Waals surface area contributed by atoms with Gasteiger partial charge < -0.3 is 5.11 Å². The minimum absolute atomic E-state index is 0.0734. The van der Waals surface area contributed by atoms with Crippen LogP contribution in [0.4, 0.5) is 0 Å². The second-order valence-corrected chi connectivity index (χ2v) is 4.32. The quantitative estimate of drug-likeness (QED) is 0.670. The molecule has 0 spiro atoms. The van der Waals surface area contributed by atoms with Gasteiger partial charge in [0.1, 0.15) is 5.76 Å². The largest absolute Gasteiger partial charge is 0.510 e. The Kier molecular flexibility index (Phi) is 2.62. The predicted molar refractivity (Wildman–Crippen MR) is 51.1 cm³/mol. The second-order valence-electron chi connectivity index (χ2n) is 2.87. The molecule has 0 fully saturated rings. The maximum Gasteiger partial charge on any atom is 0.216 e. The van der Waals surface area contributed by atoms with Crippen LogP contribution in [0.25, 0.3) is 0 Å². The van der Waals surface area contributed by atoms with Crippen molar-refractivity contribution in [1.82, 2.24) is 0 Å². The lowest BCUT2D eigenvalue weighted by atomic mass is 10.1. The van der Waals surface area contributed by atoms with Crippen LogP contribution in [0.5, 0.6) is 0 Å². The highest BCUT2D eigenvalue weighted by Gasteiger charge is 2.35. The van der Waals surface area contributed by atoms with Gasteiger partial charge in [-0.15, -0.1) is 0 Å². The molecular weight excluding hydrogens is 172 g/mol. The van der Waals surface area contributed by atoms with E-state index in [0.29, 0.717) is 0 Å². The van der Waals surface area contributed by atoms with E-state index in [2.05, 4.69) is 0 Å². The first-order valence-corrected chi connectivity index (χ1v) is 4.72. The first kappa shape index (κ1) is 9.39. The Labute approximate surface area is 76.4 Å². The van der Waals surface area contributed by atoms with Crippen LogP contribution >= 0.6 is 11.8 Å². The summed E-state index contributed by atoms with van der Waals surface area (Å²) in [4.78, 5) is 10.9. The molecule has 0 aromatic rings. The van der Waals surface area contributed by atoms with Gasteiger partial charge in [-0.05, 0) is 13.3 Å². The number of carbonyl (C=O) groups is 1. The Morgan fingerprint density at radius 2 is 2.42 bits per heavy atom. The van der Waals surface area contributed by atoms with Crippen molar-refractivity contribution >= 4 is 16.9 Å². The molecule has 0 aromatic heterocycles. The van der Waals surface area contributed by atoms with Crippen LogP contribution in [-0.4, -0.2) is 15.0 Å². The minimum atomic E-state index is -0.521. The van der Waals surface area contributed by atoms with E-state index in [1.165, 1.54) is 6.08 Å². The van der Waals surface area contributed by atoms with Gasteiger partial charge in [0.25, 0.3) is 0 Å². The van der Waals surface area contributed by atoms with Crippen molar-refractivity contribution in [3.05, 3.63) is 24.0 Å². The average Bonchev–Trinajstić information content (AvgIpc) is 2.23. The molecule has 1 heterocycles. The summed E-state index contributed by atoms with van der Waals surface area (Å²) in [5.74, 6) is 0.155. The fourth-order valence-corrected chi connectivity index (χ4v) is 1.92. The Hall–Kier alpha value is -0.700. The molecule has 1 rings (SSSR count). The van der Waals surface area contributed by atoms with E-state index in [9.17, 15) is 9.90 Å². The van der Waals surface area contributed by atoms with Gasteiger partial charge >= 0.3 is 0 Å². The molecule has 1 aliphatic heterocycles. The topological polar surface area (TPSA) is 37.3 Å². The highest BCUT2D eigenvalue weighted by Crippen LogP contribution is 2.39. The van der Waals surface area contributed by atoms with E-state index < -0.39 is 4.75 Å². The first-order valence-electron chi connectivity index (χ1n) is 3.90. The molecule has 1 atom stereocenters. The molecule has 1 aliphatic rings. The van der Waals surface area contributed by atoms with Crippen LogP contribution < -0.4 is 0 Å². The molecule has 0 aromatic carbocycles. The standard InChI is InChI=1S/C9H12O2S/c1-3-4-5-9(2)7(10)6-8(11)12-9/h4-6,10H,3H2,1-2H3/b5-4+/t9-/m1/s1. The number of allylic oxidation sites excluding steroid dienone is 1. The molecule has 0 unspecified atom stereocenters. The molecule has 2 nitrogen and oxygen atoms in total. The number of aliphatic hydroxyl groups is 1. The van der Waals surface area contributed by atoms with Crippen LogP contribution in [0.2, 0.25) is 0 Å². The van der Waals surface area contributed by atoms with Crippen LogP contribution in [-0.2, 0) is 4.79 Å². The van der Waals surface area contributed by atoms with Crippen molar-refractivity contribution < 1.29 is 9.90 Å². The zero-order valence-corrected chi connectivity index (χ0v) is 8.02. The summed E-state index contributed by atoms with van der Waals surface area (Å²) in [6, 6.07) is 0. The molecule has 0 radical (unpaired) electrons. The van der Waals surface area contributed by atoms with Crippen LogP contribution in [0, 0.1) is 0 Å². The van der Waals surface area contributed by atoms with Gasteiger partial charge in [0.05, 0.1) is 4.75 Å². The van der Waals surface area contributed by atoms with Gasteiger partial charge in [0.2, 0.25) is 5.12 Å². The monoisotopic (exact) mass is 184 g/mol. The van der Waals surface area contributed by atoms with Crippen molar-refractivity contribution in [2.75, 3.05) is 0 Å². The highest BCUT2D eigenvalue weighted by molar-refractivity contribution is 8.15. The molecule has 0 aliphatic carbocycles. The third-order valence-corrected chi connectivity index (χ3v) is 2.84. The van der Waals surface area contributed by atoms with Crippen molar-refractivity contribution in [2.45, 2.75) is 25.0 Å². The average molecular weight is 184 g/mol. The second kappa shape index (κ2) is 3.35. The van der Waals surface area contributed by atoms with Crippen molar-refractivity contribution in [1.29, 1.82) is 0 Å². The summed E-state index contributed by atoms with van der Waals surface area (Å²) < 4.78 is -0.521. The number of hydrogen-bond donors (Lipinski definition) is 1. The maximum atomic E-state index is 10.9. The zero-order valence-electron chi connectivity index (χ0n) is 7.20. The third kappa shape index (κ3) is 1.72. The lowest BCUT2D eigenvalue weighted by Crippen LogP contribution is -2.16. The molecule has 0 amide bonds. The number of rotatable bonds is 2. The molecule has 1 N–H and O–H groups in total. The maximum absolute atomic E-state index is 10.9. The van der Waals surface area contributed by atoms with Crippen molar-refractivity contribution in [3.8, 4) is 0 Å². The Balaban J connectivity index is 2.81. The Morgan fingerprint density at radius 3 is 2.83 bits per heavy atom. The highest BCUT2D eigenvalue weighted by atomic mass is 32.2. The number of aliphatic hydroxyl groups excluding tert-OH is 1. The molecule has 12 heavy (non-hydrogen) atoms. The summed E-state index contributed by atoms with van der Waals surface area (Å²) in [6.45, 7) is 3.85. The van der Waals surface area contributed by atoms with Crippen LogP contribution in [0.15, 0.2) is 24.0 Å². The van der Waals surface area contributed by atoms with E-state index in [1.54, 1.807) is 0 Å². The summed E-state index contributed by atoms with van der Waals surface area (Å²) >= 11 is 1.15. The summed E-state index contributed by atoms with van der Waals surface area (Å²) in [5.41, 5.74) is 0. The zero-order chi connectivity index (χ0) is 9.19. The Morgan fingerprint density at radius 1 is 1.75 bits per heavy atom. The van der Waals surface area contributed by atoms with Gasteiger partial charge in [-0.25, -0.2) is 0 Å². The SMILES string of the molecule is CC/C=C/[C@@]1(C)SC(=O)C=C1O. The molecule has 0 bridgehead atoms. The smallest absolute Gasteiger partial charge is 0.216 e. The van der Waals surface area contributed by atoms with Gasteiger partial charge in [0, 0.05) is 6.08 Å². The van der Waals surface area contributed by atoms with Crippen LogP contribution in [0.1, 0.15) is 20.3 Å².